The zero-order valence-electron chi connectivity index (χ0n) is 19.1. The van der Waals surface area contributed by atoms with Gasteiger partial charge in [-0.1, -0.05) is 42.1 Å². The lowest BCUT2D eigenvalue weighted by Gasteiger charge is -2.16. The molecule has 1 unspecified atom stereocenters. The fourth-order valence-electron chi connectivity index (χ4n) is 3.78. The minimum Gasteiger partial charge on any atom is -0.481 e. The Morgan fingerprint density at radius 2 is 1.47 bits per heavy atom. The highest BCUT2D eigenvalue weighted by Gasteiger charge is 2.26. The van der Waals surface area contributed by atoms with Crippen LogP contribution in [0.2, 0.25) is 0 Å². The first kappa shape index (κ1) is 25.9. The Kier molecular flexibility index (Phi) is 7.82. The van der Waals surface area contributed by atoms with Gasteiger partial charge in [0.2, 0.25) is 9.84 Å². The number of nitrogens with one attached hydrogen (secondary N) is 1. The number of hydrogen-bond donors (Lipinski definition) is 2. The molecule has 1 aliphatic rings. The number of anilines is 1. The zero-order chi connectivity index (χ0) is 25.8. The SMILES string of the molecule is O=C(O)CC(CS(=O)(=O)c1ccc(S(=O)(=O)c2ccc(NC3=NCCS3)cc2)cc1)c1ccccc1. The molecule has 1 heterocycles. The molecule has 4 rings (SSSR count). The largest absolute Gasteiger partial charge is 0.481 e. The number of hydrogen-bond acceptors (Lipinski definition) is 8. The van der Waals surface area contributed by atoms with E-state index in [4.69, 9.17) is 0 Å². The molecule has 0 aliphatic carbocycles. The van der Waals surface area contributed by atoms with E-state index in [1.165, 1.54) is 36.4 Å². The van der Waals surface area contributed by atoms with Crippen molar-refractivity contribution in [2.24, 2.45) is 4.99 Å². The third-order valence-corrected chi connectivity index (χ3v) is 10.1. The predicted molar refractivity (Wildman–Crippen MR) is 140 cm³/mol. The van der Waals surface area contributed by atoms with Crippen LogP contribution in [0.3, 0.4) is 0 Å². The molecule has 0 radical (unpaired) electrons. The molecule has 0 saturated carbocycles. The summed E-state index contributed by atoms with van der Waals surface area (Å²) in [5, 5.41) is 13.2. The maximum absolute atomic E-state index is 13.1. The summed E-state index contributed by atoms with van der Waals surface area (Å²) in [4.78, 5) is 15.6. The smallest absolute Gasteiger partial charge is 0.303 e. The molecular weight excluding hydrogens is 520 g/mol. The zero-order valence-corrected chi connectivity index (χ0v) is 21.5. The fraction of sp³-hybridized carbons (Fsp3) is 0.200. The number of rotatable bonds is 9. The molecule has 0 fully saturated rings. The molecule has 36 heavy (non-hydrogen) atoms. The fourth-order valence-corrected chi connectivity index (χ4v) is 7.38. The van der Waals surface area contributed by atoms with Crippen LogP contribution < -0.4 is 5.32 Å². The third kappa shape index (κ3) is 6.15. The minimum atomic E-state index is -3.88. The summed E-state index contributed by atoms with van der Waals surface area (Å²) < 4.78 is 52.2. The number of carboxylic acids is 1. The van der Waals surface area contributed by atoms with Crippen molar-refractivity contribution in [2.45, 2.75) is 27.0 Å². The van der Waals surface area contributed by atoms with Crippen molar-refractivity contribution in [3.05, 3.63) is 84.4 Å². The van der Waals surface area contributed by atoms with Crippen LogP contribution in [0.25, 0.3) is 0 Å². The molecule has 188 valence electrons. The number of carbonyl (C=O) groups is 1. The Morgan fingerprint density at radius 3 is 2.03 bits per heavy atom. The molecule has 0 bridgehead atoms. The lowest BCUT2D eigenvalue weighted by Crippen LogP contribution is -2.18. The van der Waals surface area contributed by atoms with Crippen LogP contribution in [0.1, 0.15) is 17.9 Å². The quantitative estimate of drug-likeness (QED) is 0.412. The van der Waals surface area contributed by atoms with Crippen LogP contribution >= 0.6 is 11.8 Å². The molecule has 1 atom stereocenters. The number of amidine groups is 1. The van der Waals surface area contributed by atoms with Crippen LogP contribution in [0.4, 0.5) is 5.69 Å². The van der Waals surface area contributed by atoms with Gasteiger partial charge in [0, 0.05) is 17.4 Å². The van der Waals surface area contributed by atoms with E-state index >= 15 is 0 Å². The Labute approximate surface area is 214 Å². The summed E-state index contributed by atoms with van der Waals surface area (Å²) in [5.74, 6) is -1.34. The second kappa shape index (κ2) is 10.9. The van der Waals surface area contributed by atoms with E-state index in [2.05, 4.69) is 10.3 Å². The normalized spacial score (nSPS) is 14.7. The maximum Gasteiger partial charge on any atom is 0.303 e. The van der Waals surface area contributed by atoms with E-state index in [0.29, 0.717) is 5.56 Å². The highest BCUT2D eigenvalue weighted by Crippen LogP contribution is 2.28. The molecule has 0 amide bonds. The van der Waals surface area contributed by atoms with Gasteiger partial charge in [-0.3, -0.25) is 9.79 Å². The highest BCUT2D eigenvalue weighted by molar-refractivity contribution is 8.14. The Morgan fingerprint density at radius 1 is 0.889 bits per heavy atom. The number of benzene rings is 3. The van der Waals surface area contributed by atoms with Gasteiger partial charge in [-0.15, -0.1) is 0 Å². The van der Waals surface area contributed by atoms with E-state index in [1.54, 1.807) is 54.2 Å². The van der Waals surface area contributed by atoms with Crippen LogP contribution in [-0.2, 0) is 24.5 Å². The lowest BCUT2D eigenvalue weighted by molar-refractivity contribution is -0.137. The van der Waals surface area contributed by atoms with Gasteiger partial charge in [0.05, 0.1) is 33.4 Å². The van der Waals surface area contributed by atoms with Gasteiger partial charge >= 0.3 is 5.97 Å². The minimum absolute atomic E-state index is 0.0389. The van der Waals surface area contributed by atoms with Crippen molar-refractivity contribution in [3.63, 3.8) is 0 Å². The number of sulfone groups is 2. The maximum atomic E-state index is 13.1. The summed E-state index contributed by atoms with van der Waals surface area (Å²) in [6.07, 6.45) is -0.341. The second-order valence-electron chi connectivity index (χ2n) is 8.15. The standard InChI is InChI=1S/C25H24N2O6S3/c28-24(29)16-19(18-4-2-1-3-5-18)17-35(30,31)21-10-12-23(13-11-21)36(32,33)22-8-6-20(7-9-22)27-25-26-14-15-34-25/h1-13,19H,14-17H2,(H,26,27)(H,28,29). The molecule has 0 spiro atoms. The van der Waals surface area contributed by atoms with Gasteiger partial charge in [-0.05, 0) is 54.1 Å². The van der Waals surface area contributed by atoms with Gasteiger partial charge in [0.25, 0.3) is 0 Å². The van der Waals surface area contributed by atoms with E-state index in [-0.39, 0.29) is 21.1 Å². The third-order valence-electron chi connectivity index (χ3n) is 5.61. The number of aliphatic imine (C=N–C) groups is 1. The van der Waals surface area contributed by atoms with Crippen LogP contribution in [0.5, 0.6) is 0 Å². The van der Waals surface area contributed by atoms with Gasteiger partial charge in [-0.25, -0.2) is 16.8 Å². The van der Waals surface area contributed by atoms with E-state index in [1.807, 2.05) is 0 Å². The molecule has 3 aromatic rings. The second-order valence-corrected chi connectivity index (χ2v) is 13.2. The summed E-state index contributed by atoms with van der Waals surface area (Å²) in [6.45, 7) is 0.748. The van der Waals surface area contributed by atoms with Crippen molar-refractivity contribution in [3.8, 4) is 0 Å². The Balaban J connectivity index is 1.52. The Bertz CT molecular complexity index is 1470. The van der Waals surface area contributed by atoms with Gasteiger partial charge < -0.3 is 10.4 Å². The van der Waals surface area contributed by atoms with Gasteiger partial charge in [0.1, 0.15) is 0 Å². The predicted octanol–water partition coefficient (Wildman–Crippen LogP) is 4.07. The molecule has 11 heteroatoms. The number of aliphatic carboxylic acids is 1. The lowest BCUT2D eigenvalue weighted by atomic mass is 9.98. The Hall–Kier alpha value is -3.15. The van der Waals surface area contributed by atoms with Crippen LogP contribution in [0.15, 0.2) is 98.5 Å². The number of nitrogens with zero attached hydrogens (tertiary/aromatic N) is 1. The monoisotopic (exact) mass is 544 g/mol. The molecule has 1 aliphatic heterocycles. The molecule has 8 nitrogen and oxygen atoms in total. The number of thioether (sulfide) groups is 1. The first-order valence-electron chi connectivity index (χ1n) is 11.0. The van der Waals surface area contributed by atoms with Gasteiger partial charge in [-0.2, -0.15) is 0 Å². The molecule has 3 aromatic carbocycles. The molecule has 2 N–H and O–H groups in total. The molecular formula is C25H24N2O6S3. The summed E-state index contributed by atoms with van der Waals surface area (Å²) in [6, 6.07) is 19.9. The van der Waals surface area contributed by atoms with Crippen LogP contribution in [-0.4, -0.2) is 51.1 Å². The summed E-state index contributed by atoms with van der Waals surface area (Å²) >= 11 is 1.59. The van der Waals surface area contributed by atoms with E-state index in [9.17, 15) is 26.7 Å². The van der Waals surface area contributed by atoms with Crippen molar-refractivity contribution in [2.75, 3.05) is 23.4 Å². The number of carboxylic acid groups (broad SMARTS) is 1. The van der Waals surface area contributed by atoms with Crippen molar-refractivity contribution >= 4 is 48.3 Å². The van der Waals surface area contributed by atoms with Gasteiger partial charge in [0.15, 0.2) is 15.0 Å². The van der Waals surface area contributed by atoms with Crippen molar-refractivity contribution in [1.82, 2.24) is 0 Å². The van der Waals surface area contributed by atoms with E-state index < -0.39 is 37.3 Å². The average molecular weight is 545 g/mol. The molecule has 0 saturated heterocycles. The topological polar surface area (TPSA) is 130 Å². The summed E-state index contributed by atoms with van der Waals surface area (Å²) in [7, 11) is -7.74. The average Bonchev–Trinajstić information content (AvgIpc) is 3.37. The first-order chi connectivity index (χ1) is 17.1. The van der Waals surface area contributed by atoms with Crippen molar-refractivity contribution in [1.29, 1.82) is 0 Å². The van der Waals surface area contributed by atoms with E-state index in [0.717, 1.165) is 23.2 Å². The summed E-state index contributed by atoms with van der Waals surface area (Å²) in [5.41, 5.74) is 1.33. The van der Waals surface area contributed by atoms with Crippen molar-refractivity contribution < 1.29 is 26.7 Å². The van der Waals surface area contributed by atoms with Crippen LogP contribution in [0, 0.1) is 0 Å². The molecule has 0 aromatic heterocycles. The highest BCUT2D eigenvalue weighted by atomic mass is 32.2. The first-order valence-corrected chi connectivity index (χ1v) is 15.2.